The molecule has 0 amide bonds. The summed E-state index contributed by atoms with van der Waals surface area (Å²) in [6.07, 6.45) is 5.64. The van der Waals surface area contributed by atoms with Crippen LogP contribution in [-0.4, -0.2) is 16.1 Å². The Hall–Kier alpha value is -1.32. The maximum atomic E-state index is 6.29. The molecule has 0 saturated heterocycles. The molecule has 2 rings (SSSR count). The third-order valence-electron chi connectivity index (χ3n) is 2.77. The van der Waals surface area contributed by atoms with E-state index in [1.165, 1.54) is 5.56 Å². The first-order chi connectivity index (χ1) is 8.22. The van der Waals surface area contributed by atoms with Gasteiger partial charge in [-0.1, -0.05) is 17.7 Å². The fourth-order valence-electron chi connectivity index (χ4n) is 1.84. The van der Waals surface area contributed by atoms with Gasteiger partial charge in [0.25, 0.3) is 0 Å². The van der Waals surface area contributed by atoms with Gasteiger partial charge in [-0.15, -0.1) is 0 Å². The summed E-state index contributed by atoms with van der Waals surface area (Å²) < 4.78 is 1.98. The Morgan fingerprint density at radius 3 is 2.82 bits per heavy atom. The highest BCUT2D eigenvalue weighted by atomic mass is 35.5. The molecule has 0 fully saturated rings. The van der Waals surface area contributed by atoms with Gasteiger partial charge in [0.1, 0.15) is 5.82 Å². The van der Waals surface area contributed by atoms with Crippen molar-refractivity contribution in [2.45, 2.75) is 19.8 Å². The Morgan fingerprint density at radius 1 is 1.41 bits per heavy atom. The quantitative estimate of drug-likeness (QED) is 0.906. The van der Waals surface area contributed by atoms with Crippen LogP contribution in [0.3, 0.4) is 0 Å². The second kappa shape index (κ2) is 5.34. The van der Waals surface area contributed by atoms with E-state index in [2.05, 4.69) is 11.1 Å². The summed E-state index contributed by atoms with van der Waals surface area (Å²) in [5.74, 6) is 0.932. The van der Waals surface area contributed by atoms with Gasteiger partial charge < -0.3 is 10.3 Å². The van der Waals surface area contributed by atoms with Gasteiger partial charge in [-0.3, -0.25) is 0 Å². The van der Waals surface area contributed by atoms with Crippen molar-refractivity contribution in [3.8, 4) is 5.69 Å². The van der Waals surface area contributed by atoms with Crippen LogP contribution in [0.25, 0.3) is 5.69 Å². The second-order valence-electron chi connectivity index (χ2n) is 4.02. The first-order valence-corrected chi connectivity index (χ1v) is 6.09. The van der Waals surface area contributed by atoms with Gasteiger partial charge in [0.05, 0.1) is 10.7 Å². The average molecular weight is 250 g/mol. The lowest BCUT2D eigenvalue weighted by Gasteiger charge is -2.09. The zero-order valence-corrected chi connectivity index (χ0v) is 10.6. The first kappa shape index (κ1) is 12.1. The highest BCUT2D eigenvalue weighted by molar-refractivity contribution is 6.32. The molecule has 0 radical (unpaired) electrons. The van der Waals surface area contributed by atoms with E-state index in [1.54, 1.807) is 6.20 Å². The Balaban J connectivity index is 2.29. The predicted octanol–water partition coefficient (Wildman–Crippen LogP) is 2.73. The third-order valence-corrected chi connectivity index (χ3v) is 3.07. The van der Waals surface area contributed by atoms with E-state index in [-0.39, 0.29) is 0 Å². The largest absolute Gasteiger partial charge is 0.330 e. The molecule has 0 spiro atoms. The van der Waals surface area contributed by atoms with E-state index in [4.69, 9.17) is 17.3 Å². The fourth-order valence-corrected chi connectivity index (χ4v) is 2.13. The lowest BCUT2D eigenvalue weighted by atomic mass is 10.1. The predicted molar refractivity (Wildman–Crippen MR) is 70.7 cm³/mol. The van der Waals surface area contributed by atoms with Crippen LogP contribution >= 0.6 is 11.6 Å². The Kier molecular flexibility index (Phi) is 3.82. The summed E-state index contributed by atoms with van der Waals surface area (Å²) in [6, 6.07) is 6.13. The van der Waals surface area contributed by atoms with Crippen molar-refractivity contribution in [1.29, 1.82) is 0 Å². The summed E-state index contributed by atoms with van der Waals surface area (Å²) in [7, 11) is 0. The number of benzene rings is 1. The van der Waals surface area contributed by atoms with Gasteiger partial charge in [0.15, 0.2) is 0 Å². The van der Waals surface area contributed by atoms with E-state index in [0.29, 0.717) is 6.54 Å². The van der Waals surface area contributed by atoms with Crippen LogP contribution in [0.5, 0.6) is 0 Å². The smallest absolute Gasteiger partial charge is 0.110 e. The average Bonchev–Trinajstić information content (AvgIpc) is 2.73. The van der Waals surface area contributed by atoms with E-state index in [0.717, 1.165) is 29.4 Å². The molecular weight excluding hydrogens is 234 g/mol. The van der Waals surface area contributed by atoms with Crippen molar-refractivity contribution in [1.82, 2.24) is 9.55 Å². The van der Waals surface area contributed by atoms with Gasteiger partial charge >= 0.3 is 0 Å². The second-order valence-corrected chi connectivity index (χ2v) is 4.43. The maximum Gasteiger partial charge on any atom is 0.110 e. The molecule has 0 aliphatic heterocycles. The SMILES string of the molecule is Cc1nccn1-c1ccc(CCCN)cc1Cl. The molecule has 0 bridgehead atoms. The Labute approximate surface area is 106 Å². The van der Waals surface area contributed by atoms with Crippen LogP contribution in [0.15, 0.2) is 30.6 Å². The number of nitrogens with zero attached hydrogens (tertiary/aromatic N) is 2. The van der Waals surface area contributed by atoms with Crippen LogP contribution in [-0.2, 0) is 6.42 Å². The molecule has 4 heteroatoms. The summed E-state index contributed by atoms with van der Waals surface area (Å²) in [4.78, 5) is 4.19. The van der Waals surface area contributed by atoms with Crippen molar-refractivity contribution in [2.75, 3.05) is 6.54 Å². The van der Waals surface area contributed by atoms with Gasteiger partial charge in [0.2, 0.25) is 0 Å². The summed E-state index contributed by atoms with van der Waals surface area (Å²) in [5.41, 5.74) is 7.69. The van der Waals surface area contributed by atoms with Crippen LogP contribution < -0.4 is 5.73 Å². The number of imidazole rings is 1. The van der Waals surface area contributed by atoms with Crippen LogP contribution in [0, 0.1) is 6.92 Å². The van der Waals surface area contributed by atoms with Gasteiger partial charge in [0, 0.05) is 12.4 Å². The first-order valence-electron chi connectivity index (χ1n) is 5.71. The molecule has 2 aromatic rings. The summed E-state index contributed by atoms with van der Waals surface area (Å²) >= 11 is 6.29. The Bertz CT molecular complexity index is 505. The number of hydrogen-bond donors (Lipinski definition) is 1. The standard InChI is InChI=1S/C13H16ClN3/c1-10-16-7-8-17(10)13-5-4-11(3-2-6-15)9-12(13)14/h4-5,7-9H,2-3,6,15H2,1H3. The van der Waals surface area contributed by atoms with Gasteiger partial charge in [-0.05, 0) is 44.0 Å². The van der Waals surface area contributed by atoms with Crippen molar-refractivity contribution < 1.29 is 0 Å². The van der Waals surface area contributed by atoms with Crippen molar-refractivity contribution in [3.63, 3.8) is 0 Å². The van der Waals surface area contributed by atoms with E-state index in [1.807, 2.05) is 29.8 Å². The minimum Gasteiger partial charge on any atom is -0.330 e. The number of halogens is 1. The monoisotopic (exact) mass is 249 g/mol. The molecule has 0 aliphatic rings. The zero-order valence-electron chi connectivity index (χ0n) is 9.86. The number of hydrogen-bond acceptors (Lipinski definition) is 2. The lowest BCUT2D eigenvalue weighted by molar-refractivity contribution is 0.832. The topological polar surface area (TPSA) is 43.8 Å². The third kappa shape index (κ3) is 2.68. The number of aryl methyl sites for hydroxylation is 2. The van der Waals surface area contributed by atoms with Crippen LogP contribution in [0.4, 0.5) is 0 Å². The molecule has 1 heterocycles. The Morgan fingerprint density at radius 2 is 2.24 bits per heavy atom. The van der Waals surface area contributed by atoms with Crippen molar-refractivity contribution in [2.24, 2.45) is 5.73 Å². The molecule has 17 heavy (non-hydrogen) atoms. The number of rotatable bonds is 4. The lowest BCUT2D eigenvalue weighted by Crippen LogP contribution is -2.01. The summed E-state index contributed by atoms with van der Waals surface area (Å²) in [6.45, 7) is 2.67. The molecular formula is C13H16ClN3. The molecule has 0 aliphatic carbocycles. The minimum absolute atomic E-state index is 0.708. The van der Waals surface area contributed by atoms with Gasteiger partial charge in [-0.25, -0.2) is 4.98 Å². The highest BCUT2D eigenvalue weighted by Gasteiger charge is 2.06. The minimum atomic E-state index is 0.708. The molecule has 1 aromatic heterocycles. The normalized spacial score (nSPS) is 10.8. The van der Waals surface area contributed by atoms with Crippen molar-refractivity contribution in [3.05, 3.63) is 47.0 Å². The van der Waals surface area contributed by atoms with E-state index in [9.17, 15) is 0 Å². The molecule has 1 aromatic carbocycles. The highest BCUT2D eigenvalue weighted by Crippen LogP contribution is 2.23. The number of nitrogens with two attached hydrogens (primary N) is 1. The van der Waals surface area contributed by atoms with Crippen molar-refractivity contribution >= 4 is 11.6 Å². The zero-order chi connectivity index (χ0) is 12.3. The van der Waals surface area contributed by atoms with E-state index >= 15 is 0 Å². The molecule has 3 nitrogen and oxygen atoms in total. The van der Waals surface area contributed by atoms with Gasteiger partial charge in [-0.2, -0.15) is 0 Å². The number of aromatic nitrogens is 2. The fraction of sp³-hybridized carbons (Fsp3) is 0.308. The molecule has 2 N–H and O–H groups in total. The summed E-state index contributed by atoms with van der Waals surface area (Å²) in [5, 5.41) is 0.751. The molecule has 90 valence electrons. The maximum absolute atomic E-state index is 6.29. The molecule has 0 atom stereocenters. The van der Waals surface area contributed by atoms with Crippen LogP contribution in [0.2, 0.25) is 5.02 Å². The molecule has 0 saturated carbocycles. The van der Waals surface area contributed by atoms with E-state index < -0.39 is 0 Å². The van der Waals surface area contributed by atoms with Crippen LogP contribution in [0.1, 0.15) is 17.8 Å². The molecule has 0 unspecified atom stereocenters.